The lowest BCUT2D eigenvalue weighted by atomic mass is 10.2. The van der Waals surface area contributed by atoms with Gasteiger partial charge in [-0.25, -0.2) is 4.39 Å². The van der Waals surface area contributed by atoms with Crippen LogP contribution in [-0.2, 0) is 0 Å². The van der Waals surface area contributed by atoms with Crippen molar-refractivity contribution in [1.82, 2.24) is 5.43 Å². The lowest BCUT2D eigenvalue weighted by Gasteiger charge is -2.08. The molecule has 0 amide bonds. The largest absolute Gasteiger partial charge is 0.493 e. The minimum Gasteiger partial charge on any atom is -0.493 e. The highest BCUT2D eigenvalue weighted by atomic mass is 32.1. The number of nitrogens with zero attached hydrogens (tertiary/aromatic N) is 1. The molecule has 0 aliphatic heterocycles. The zero-order valence-electron chi connectivity index (χ0n) is 12.8. The monoisotopic (exact) mass is 331 g/mol. The van der Waals surface area contributed by atoms with Crippen LogP contribution in [0.25, 0.3) is 0 Å². The van der Waals surface area contributed by atoms with E-state index >= 15 is 0 Å². The summed E-state index contributed by atoms with van der Waals surface area (Å²) in [6, 6.07) is 13.6. The Labute approximate surface area is 140 Å². The molecule has 0 unspecified atom stereocenters. The first-order valence-corrected chi connectivity index (χ1v) is 7.67. The SMILES string of the molecule is CCCOc1ccccc1C=NNC(=S)Nc1cccc(F)c1. The molecule has 0 saturated heterocycles. The van der Waals surface area contributed by atoms with E-state index in [-0.39, 0.29) is 10.9 Å². The molecular weight excluding hydrogens is 313 g/mol. The van der Waals surface area contributed by atoms with Gasteiger partial charge < -0.3 is 10.1 Å². The molecule has 120 valence electrons. The summed E-state index contributed by atoms with van der Waals surface area (Å²) >= 11 is 5.11. The molecule has 0 heterocycles. The second-order valence-electron chi connectivity index (χ2n) is 4.72. The first-order chi connectivity index (χ1) is 11.2. The fraction of sp³-hybridized carbons (Fsp3) is 0.176. The molecule has 0 bridgehead atoms. The summed E-state index contributed by atoms with van der Waals surface area (Å²) in [6.45, 7) is 2.70. The van der Waals surface area contributed by atoms with Gasteiger partial charge in [0.05, 0.1) is 12.8 Å². The molecule has 2 N–H and O–H groups in total. The summed E-state index contributed by atoms with van der Waals surface area (Å²) in [5, 5.41) is 7.21. The third-order valence-electron chi connectivity index (χ3n) is 2.83. The Hall–Kier alpha value is -2.47. The minimum atomic E-state index is -0.330. The van der Waals surface area contributed by atoms with Crippen molar-refractivity contribution in [3.05, 3.63) is 59.9 Å². The van der Waals surface area contributed by atoms with Gasteiger partial charge >= 0.3 is 0 Å². The van der Waals surface area contributed by atoms with E-state index in [1.54, 1.807) is 18.3 Å². The summed E-state index contributed by atoms with van der Waals surface area (Å²) in [5.41, 5.74) is 4.10. The Morgan fingerprint density at radius 2 is 2.09 bits per heavy atom. The van der Waals surface area contributed by atoms with Gasteiger partial charge in [0.25, 0.3) is 0 Å². The number of thiocarbonyl (C=S) groups is 1. The Morgan fingerprint density at radius 3 is 2.87 bits per heavy atom. The molecule has 6 heteroatoms. The van der Waals surface area contributed by atoms with Crippen molar-refractivity contribution in [3.63, 3.8) is 0 Å². The first kappa shape index (κ1) is 16.9. The molecule has 0 atom stereocenters. The van der Waals surface area contributed by atoms with Gasteiger partial charge in [0, 0.05) is 11.3 Å². The molecule has 2 aromatic carbocycles. The molecule has 0 aliphatic carbocycles. The van der Waals surface area contributed by atoms with Gasteiger partial charge in [-0.05, 0) is 49.0 Å². The molecule has 0 aliphatic rings. The van der Waals surface area contributed by atoms with Crippen LogP contribution in [0.4, 0.5) is 10.1 Å². The highest BCUT2D eigenvalue weighted by molar-refractivity contribution is 7.80. The van der Waals surface area contributed by atoms with Gasteiger partial charge in [0.1, 0.15) is 11.6 Å². The number of benzene rings is 2. The minimum absolute atomic E-state index is 0.277. The van der Waals surface area contributed by atoms with Crippen LogP contribution in [0.3, 0.4) is 0 Å². The van der Waals surface area contributed by atoms with Gasteiger partial charge in [-0.3, -0.25) is 5.43 Å². The molecule has 0 spiro atoms. The summed E-state index contributed by atoms with van der Waals surface area (Å²) < 4.78 is 18.7. The van der Waals surface area contributed by atoms with E-state index in [0.717, 1.165) is 17.7 Å². The van der Waals surface area contributed by atoms with Crippen LogP contribution in [0.5, 0.6) is 5.75 Å². The summed E-state index contributed by atoms with van der Waals surface area (Å²) in [7, 11) is 0. The molecule has 0 saturated carbocycles. The topological polar surface area (TPSA) is 45.6 Å². The predicted molar refractivity (Wildman–Crippen MR) is 95.6 cm³/mol. The highest BCUT2D eigenvalue weighted by Crippen LogP contribution is 2.16. The third-order valence-corrected chi connectivity index (χ3v) is 3.03. The Kier molecular flexibility index (Phi) is 6.50. The van der Waals surface area contributed by atoms with Crippen LogP contribution < -0.4 is 15.5 Å². The Bertz CT molecular complexity index is 691. The van der Waals surface area contributed by atoms with Crippen LogP contribution in [0, 0.1) is 5.82 Å². The fourth-order valence-corrected chi connectivity index (χ4v) is 1.99. The van der Waals surface area contributed by atoms with Gasteiger partial charge in [0.15, 0.2) is 5.11 Å². The zero-order valence-corrected chi connectivity index (χ0v) is 13.6. The molecule has 0 fully saturated rings. The van der Waals surface area contributed by atoms with Crippen molar-refractivity contribution < 1.29 is 9.13 Å². The average Bonchev–Trinajstić information content (AvgIpc) is 2.54. The Balaban J connectivity index is 1.92. The normalized spacial score (nSPS) is 10.5. The quantitative estimate of drug-likeness (QED) is 0.478. The van der Waals surface area contributed by atoms with Crippen molar-refractivity contribution in [2.45, 2.75) is 13.3 Å². The lowest BCUT2D eigenvalue weighted by Crippen LogP contribution is -2.23. The number of hydrogen-bond acceptors (Lipinski definition) is 3. The first-order valence-electron chi connectivity index (χ1n) is 7.26. The van der Waals surface area contributed by atoms with Crippen LogP contribution in [0.15, 0.2) is 53.6 Å². The van der Waals surface area contributed by atoms with E-state index < -0.39 is 0 Å². The van der Waals surface area contributed by atoms with E-state index in [2.05, 4.69) is 22.8 Å². The van der Waals surface area contributed by atoms with E-state index in [9.17, 15) is 4.39 Å². The lowest BCUT2D eigenvalue weighted by molar-refractivity contribution is 0.317. The van der Waals surface area contributed by atoms with E-state index in [1.807, 2.05) is 24.3 Å². The molecule has 0 aromatic heterocycles. The van der Waals surface area contributed by atoms with Gasteiger partial charge in [-0.15, -0.1) is 0 Å². The predicted octanol–water partition coefficient (Wildman–Crippen LogP) is 3.94. The van der Waals surface area contributed by atoms with Crippen LogP contribution in [-0.4, -0.2) is 17.9 Å². The fourth-order valence-electron chi connectivity index (χ4n) is 1.82. The van der Waals surface area contributed by atoms with Gasteiger partial charge in [-0.2, -0.15) is 5.10 Å². The zero-order chi connectivity index (χ0) is 16.5. The summed E-state index contributed by atoms with van der Waals surface area (Å²) in [4.78, 5) is 0. The van der Waals surface area contributed by atoms with Crippen molar-refractivity contribution in [2.75, 3.05) is 11.9 Å². The smallest absolute Gasteiger partial charge is 0.191 e. The van der Waals surface area contributed by atoms with Crippen LogP contribution in [0.2, 0.25) is 0 Å². The number of ether oxygens (including phenoxy) is 1. The maximum atomic E-state index is 13.1. The van der Waals surface area contributed by atoms with Crippen molar-refractivity contribution >= 4 is 29.2 Å². The number of para-hydroxylation sites is 1. The number of hydrazone groups is 1. The highest BCUT2D eigenvalue weighted by Gasteiger charge is 2.00. The van der Waals surface area contributed by atoms with Crippen LogP contribution in [0.1, 0.15) is 18.9 Å². The number of rotatable bonds is 6. The molecule has 4 nitrogen and oxygen atoms in total. The number of anilines is 1. The van der Waals surface area contributed by atoms with Crippen molar-refractivity contribution in [1.29, 1.82) is 0 Å². The van der Waals surface area contributed by atoms with E-state index in [1.165, 1.54) is 12.1 Å². The second-order valence-corrected chi connectivity index (χ2v) is 5.13. The molecule has 0 radical (unpaired) electrons. The molecule has 2 aromatic rings. The maximum absolute atomic E-state index is 13.1. The van der Waals surface area contributed by atoms with Gasteiger partial charge in [0.2, 0.25) is 0 Å². The van der Waals surface area contributed by atoms with E-state index in [0.29, 0.717) is 12.3 Å². The average molecular weight is 331 g/mol. The third kappa shape index (κ3) is 5.67. The molecule has 23 heavy (non-hydrogen) atoms. The summed E-state index contributed by atoms with van der Waals surface area (Å²) in [6.07, 6.45) is 2.57. The van der Waals surface area contributed by atoms with Gasteiger partial charge in [-0.1, -0.05) is 25.1 Å². The van der Waals surface area contributed by atoms with Crippen molar-refractivity contribution in [3.8, 4) is 5.75 Å². The van der Waals surface area contributed by atoms with Crippen LogP contribution >= 0.6 is 12.2 Å². The summed E-state index contributed by atoms with van der Waals surface area (Å²) in [5.74, 6) is 0.437. The standard InChI is InChI=1S/C17H18FN3OS/c1-2-10-22-16-9-4-3-6-13(16)12-19-21-17(23)20-15-8-5-7-14(18)11-15/h3-9,11-12H,2,10H2,1H3,(H2,20,21,23). The Morgan fingerprint density at radius 1 is 1.26 bits per heavy atom. The second kappa shape index (κ2) is 8.85. The molecule has 2 rings (SSSR count). The van der Waals surface area contributed by atoms with Crippen molar-refractivity contribution in [2.24, 2.45) is 5.10 Å². The van der Waals surface area contributed by atoms with E-state index in [4.69, 9.17) is 17.0 Å². The number of hydrogen-bond donors (Lipinski definition) is 2. The molecular formula is C17H18FN3OS. The number of halogens is 1. The maximum Gasteiger partial charge on any atom is 0.191 e. The number of nitrogens with one attached hydrogen (secondary N) is 2.